The predicted molar refractivity (Wildman–Crippen MR) is 93.9 cm³/mol. The van der Waals surface area contributed by atoms with Crippen LogP contribution in [0.25, 0.3) is 0 Å². The highest BCUT2D eigenvalue weighted by Crippen LogP contribution is 2.26. The number of nitrogens with zero attached hydrogens (tertiary/aromatic N) is 4. The van der Waals surface area contributed by atoms with E-state index < -0.39 is 0 Å². The van der Waals surface area contributed by atoms with Crippen LogP contribution in [-0.2, 0) is 25.8 Å². The van der Waals surface area contributed by atoms with Crippen LogP contribution in [0.15, 0.2) is 18.2 Å². The van der Waals surface area contributed by atoms with Crippen LogP contribution in [-0.4, -0.2) is 28.8 Å². The van der Waals surface area contributed by atoms with E-state index in [1.165, 1.54) is 23.2 Å². The first kappa shape index (κ1) is 15.7. The third-order valence-corrected chi connectivity index (χ3v) is 4.45. The molecule has 0 fully saturated rings. The minimum atomic E-state index is 0.619. The van der Waals surface area contributed by atoms with Crippen LogP contribution in [0.4, 0.5) is 11.6 Å². The van der Waals surface area contributed by atoms with Crippen molar-refractivity contribution in [3.63, 3.8) is 0 Å². The van der Waals surface area contributed by atoms with Crippen LogP contribution >= 0.6 is 0 Å². The van der Waals surface area contributed by atoms with Crippen molar-refractivity contribution in [3.8, 4) is 0 Å². The van der Waals surface area contributed by atoms with Gasteiger partial charge >= 0.3 is 0 Å². The Kier molecular flexibility index (Phi) is 4.74. The highest BCUT2D eigenvalue weighted by molar-refractivity contribution is 5.56. The molecular formula is C18H25N5. The lowest BCUT2D eigenvalue weighted by Gasteiger charge is -2.27. The Morgan fingerprint density at radius 3 is 2.74 bits per heavy atom. The van der Waals surface area contributed by atoms with Gasteiger partial charge in [0.15, 0.2) is 0 Å². The molecule has 5 nitrogen and oxygen atoms in total. The van der Waals surface area contributed by atoms with E-state index in [-0.39, 0.29) is 0 Å². The zero-order valence-corrected chi connectivity index (χ0v) is 14.3. The molecule has 1 aromatic heterocycles. The van der Waals surface area contributed by atoms with Crippen molar-refractivity contribution in [1.82, 2.24) is 15.2 Å². The molecule has 0 spiro atoms. The van der Waals surface area contributed by atoms with Crippen LogP contribution in [0.3, 0.4) is 0 Å². The van der Waals surface area contributed by atoms with Crippen LogP contribution < -0.4 is 10.2 Å². The molecule has 0 unspecified atom stereocenters. The molecule has 122 valence electrons. The first-order chi connectivity index (χ1) is 11.2. The summed E-state index contributed by atoms with van der Waals surface area (Å²) in [6.07, 6.45) is 4.16. The van der Waals surface area contributed by atoms with Gasteiger partial charge in [-0.3, -0.25) is 0 Å². The molecule has 1 aliphatic heterocycles. The topological polar surface area (TPSA) is 53.9 Å². The van der Waals surface area contributed by atoms with Gasteiger partial charge in [-0.1, -0.05) is 26.0 Å². The van der Waals surface area contributed by atoms with Gasteiger partial charge in [0.05, 0.1) is 11.4 Å². The molecule has 0 atom stereocenters. The number of benzene rings is 1. The maximum absolute atomic E-state index is 4.58. The Labute approximate surface area is 138 Å². The molecule has 0 radical (unpaired) electrons. The highest BCUT2D eigenvalue weighted by atomic mass is 15.2. The smallest absolute Gasteiger partial charge is 0.243 e. The molecule has 2 heterocycles. The van der Waals surface area contributed by atoms with E-state index in [0.29, 0.717) is 5.95 Å². The highest BCUT2D eigenvalue weighted by Gasteiger charge is 2.13. The lowest BCUT2D eigenvalue weighted by Crippen LogP contribution is -2.24. The van der Waals surface area contributed by atoms with E-state index in [2.05, 4.69) is 64.5 Å². The molecule has 3 rings (SSSR count). The Balaban J connectivity index is 1.71. The maximum Gasteiger partial charge on any atom is 0.243 e. The van der Waals surface area contributed by atoms with Crippen LogP contribution in [0.5, 0.6) is 0 Å². The number of fused-ring (bicyclic) bond motifs is 1. The molecule has 1 aromatic carbocycles. The first-order valence-corrected chi connectivity index (χ1v) is 8.50. The summed E-state index contributed by atoms with van der Waals surface area (Å²) >= 11 is 0. The van der Waals surface area contributed by atoms with Gasteiger partial charge in [0.2, 0.25) is 5.95 Å². The van der Waals surface area contributed by atoms with E-state index in [9.17, 15) is 0 Å². The fraction of sp³-hybridized carbons (Fsp3) is 0.500. The third kappa shape index (κ3) is 3.44. The lowest BCUT2D eigenvalue weighted by molar-refractivity contribution is 0.743. The number of nitrogens with one attached hydrogen (secondary N) is 1. The number of anilines is 2. The molecule has 0 aliphatic carbocycles. The van der Waals surface area contributed by atoms with Crippen molar-refractivity contribution in [2.45, 2.75) is 46.1 Å². The molecule has 23 heavy (non-hydrogen) atoms. The molecule has 0 bridgehead atoms. The van der Waals surface area contributed by atoms with Gasteiger partial charge in [0.1, 0.15) is 0 Å². The zero-order valence-electron chi connectivity index (χ0n) is 14.3. The maximum atomic E-state index is 4.58. The second kappa shape index (κ2) is 6.94. The number of hydrogen-bond donors (Lipinski definition) is 1. The zero-order chi connectivity index (χ0) is 16.2. The average Bonchev–Trinajstić information content (AvgIpc) is 2.59. The van der Waals surface area contributed by atoms with Crippen LogP contribution in [0, 0.1) is 0 Å². The number of aromatic nitrogens is 3. The number of rotatable bonds is 5. The normalized spacial score (nSPS) is 13.8. The minimum Gasteiger partial charge on any atom is -0.374 e. The van der Waals surface area contributed by atoms with Crippen molar-refractivity contribution in [1.29, 1.82) is 0 Å². The van der Waals surface area contributed by atoms with Gasteiger partial charge < -0.3 is 10.2 Å². The molecule has 5 heteroatoms. The van der Waals surface area contributed by atoms with Crippen molar-refractivity contribution in [2.24, 2.45) is 0 Å². The summed E-state index contributed by atoms with van der Waals surface area (Å²) in [5.41, 5.74) is 6.10. The second-order valence-electron chi connectivity index (χ2n) is 6.08. The average molecular weight is 311 g/mol. The summed E-state index contributed by atoms with van der Waals surface area (Å²) in [5.74, 6) is 0.619. The number of aryl methyl sites for hydroxylation is 3. The molecule has 1 N–H and O–H groups in total. The summed E-state index contributed by atoms with van der Waals surface area (Å²) in [6.45, 7) is 6.07. The SMILES string of the molecule is CCc1nnc(NCc2ccc3c(c2)CCCN3C)nc1CC. The van der Waals surface area contributed by atoms with E-state index in [0.717, 1.165) is 43.7 Å². The Bertz CT molecular complexity index is 683. The Hall–Kier alpha value is -2.17. The Morgan fingerprint density at radius 2 is 1.96 bits per heavy atom. The predicted octanol–water partition coefficient (Wildman–Crippen LogP) is 2.99. The van der Waals surface area contributed by atoms with Gasteiger partial charge in [-0.05, 0) is 42.9 Å². The van der Waals surface area contributed by atoms with Gasteiger partial charge in [-0.15, -0.1) is 5.10 Å². The lowest BCUT2D eigenvalue weighted by atomic mass is 9.99. The van der Waals surface area contributed by atoms with Crippen LogP contribution in [0.1, 0.15) is 42.8 Å². The van der Waals surface area contributed by atoms with Crippen molar-refractivity contribution < 1.29 is 0 Å². The van der Waals surface area contributed by atoms with Gasteiger partial charge in [0.25, 0.3) is 0 Å². The molecule has 2 aromatic rings. The fourth-order valence-corrected chi connectivity index (χ4v) is 3.14. The third-order valence-electron chi connectivity index (χ3n) is 4.45. The monoisotopic (exact) mass is 311 g/mol. The summed E-state index contributed by atoms with van der Waals surface area (Å²) in [7, 11) is 2.16. The largest absolute Gasteiger partial charge is 0.374 e. The van der Waals surface area contributed by atoms with E-state index in [4.69, 9.17) is 0 Å². The molecule has 0 saturated heterocycles. The summed E-state index contributed by atoms with van der Waals surface area (Å²) in [6, 6.07) is 6.71. The Morgan fingerprint density at radius 1 is 1.13 bits per heavy atom. The number of hydrogen-bond acceptors (Lipinski definition) is 5. The van der Waals surface area contributed by atoms with Crippen molar-refractivity contribution in [2.75, 3.05) is 23.8 Å². The molecule has 0 saturated carbocycles. The van der Waals surface area contributed by atoms with E-state index >= 15 is 0 Å². The van der Waals surface area contributed by atoms with Crippen molar-refractivity contribution in [3.05, 3.63) is 40.7 Å². The van der Waals surface area contributed by atoms with Gasteiger partial charge in [-0.25, -0.2) is 4.98 Å². The molecule has 0 amide bonds. The molecular weight excluding hydrogens is 286 g/mol. The second-order valence-corrected chi connectivity index (χ2v) is 6.08. The van der Waals surface area contributed by atoms with Crippen molar-refractivity contribution >= 4 is 11.6 Å². The van der Waals surface area contributed by atoms with E-state index in [1.807, 2.05) is 0 Å². The first-order valence-electron chi connectivity index (χ1n) is 8.50. The van der Waals surface area contributed by atoms with E-state index in [1.54, 1.807) is 0 Å². The van der Waals surface area contributed by atoms with Gasteiger partial charge in [-0.2, -0.15) is 5.10 Å². The van der Waals surface area contributed by atoms with Crippen LogP contribution in [0.2, 0.25) is 0 Å². The summed E-state index contributed by atoms with van der Waals surface area (Å²) in [5, 5.41) is 11.8. The minimum absolute atomic E-state index is 0.619. The fourth-order valence-electron chi connectivity index (χ4n) is 3.14. The molecule has 1 aliphatic rings. The standard InChI is InChI=1S/C18H25N5/c1-4-15-16(5-2)21-22-18(20-15)19-12-13-8-9-17-14(11-13)7-6-10-23(17)3/h8-9,11H,4-7,10,12H2,1-3H3,(H,19,20,22). The quantitative estimate of drug-likeness (QED) is 0.920. The van der Waals surface area contributed by atoms with Gasteiger partial charge in [0, 0.05) is 25.8 Å². The summed E-state index contributed by atoms with van der Waals surface area (Å²) in [4.78, 5) is 6.92. The summed E-state index contributed by atoms with van der Waals surface area (Å²) < 4.78 is 0.